The molecule has 3 heterocycles. The molecule has 0 spiro atoms. The van der Waals surface area contributed by atoms with E-state index in [1.807, 2.05) is 36.4 Å². The molecule has 1 saturated heterocycles. The van der Waals surface area contributed by atoms with E-state index >= 15 is 0 Å². The molecule has 1 amide bonds. The second kappa shape index (κ2) is 9.52. The van der Waals surface area contributed by atoms with E-state index in [1.165, 1.54) is 13.3 Å². The number of para-hydroxylation sites is 1. The Morgan fingerprint density at radius 2 is 1.94 bits per heavy atom. The number of piperazine rings is 1. The van der Waals surface area contributed by atoms with Crippen LogP contribution in [0.4, 0.5) is 11.5 Å². The predicted molar refractivity (Wildman–Crippen MR) is 120 cm³/mol. The van der Waals surface area contributed by atoms with Crippen LogP contribution in [0.5, 0.6) is 17.2 Å². The van der Waals surface area contributed by atoms with E-state index in [9.17, 15) is 9.90 Å². The van der Waals surface area contributed by atoms with Gasteiger partial charge in [0.15, 0.2) is 11.5 Å². The van der Waals surface area contributed by atoms with E-state index in [0.717, 1.165) is 5.69 Å². The van der Waals surface area contributed by atoms with Gasteiger partial charge in [-0.25, -0.2) is 9.97 Å². The number of anilines is 2. The summed E-state index contributed by atoms with van der Waals surface area (Å²) in [5.41, 5.74) is 6.79. The molecule has 3 N–H and O–H groups in total. The zero-order valence-electron chi connectivity index (χ0n) is 17.7. The summed E-state index contributed by atoms with van der Waals surface area (Å²) >= 11 is 0. The minimum atomic E-state index is -0.387. The van der Waals surface area contributed by atoms with Gasteiger partial charge in [-0.2, -0.15) is 0 Å². The monoisotopic (exact) mass is 435 g/mol. The van der Waals surface area contributed by atoms with Gasteiger partial charge in [0.2, 0.25) is 0 Å². The van der Waals surface area contributed by atoms with Crippen molar-refractivity contribution in [2.75, 3.05) is 44.0 Å². The van der Waals surface area contributed by atoms with Crippen LogP contribution in [-0.4, -0.2) is 65.3 Å². The second-order valence-corrected chi connectivity index (χ2v) is 7.36. The van der Waals surface area contributed by atoms with E-state index < -0.39 is 0 Å². The first kappa shape index (κ1) is 21.4. The highest BCUT2D eigenvalue weighted by Crippen LogP contribution is 2.31. The normalized spacial score (nSPS) is 16.0. The maximum Gasteiger partial charge on any atom is 0.273 e. The minimum Gasteiger partial charge on any atom is -0.493 e. The number of nitrogens with two attached hydrogens (primary N) is 1. The number of ether oxygens (including phenoxy) is 2. The number of aromatic nitrogens is 2. The molecule has 0 radical (unpaired) electrons. The third-order valence-electron chi connectivity index (χ3n) is 5.33. The average molecular weight is 435 g/mol. The van der Waals surface area contributed by atoms with E-state index in [0.29, 0.717) is 42.7 Å². The van der Waals surface area contributed by atoms with Crippen LogP contribution in [-0.2, 0) is 0 Å². The highest BCUT2D eigenvalue weighted by atomic mass is 16.5. The molecule has 166 valence electrons. The van der Waals surface area contributed by atoms with Gasteiger partial charge in [0.1, 0.15) is 17.3 Å². The van der Waals surface area contributed by atoms with Gasteiger partial charge in [0, 0.05) is 25.7 Å². The van der Waals surface area contributed by atoms with Crippen LogP contribution in [0.1, 0.15) is 10.5 Å². The Kier molecular flexibility index (Phi) is 6.37. The average Bonchev–Trinajstić information content (AvgIpc) is 2.84. The zero-order chi connectivity index (χ0) is 22.5. The Labute approximate surface area is 186 Å². The summed E-state index contributed by atoms with van der Waals surface area (Å²) < 4.78 is 11.2. The van der Waals surface area contributed by atoms with Gasteiger partial charge in [0.05, 0.1) is 37.8 Å². The van der Waals surface area contributed by atoms with Crippen molar-refractivity contribution in [1.82, 2.24) is 14.9 Å². The lowest BCUT2D eigenvalue weighted by atomic mass is 10.1. The first-order valence-corrected chi connectivity index (χ1v) is 10.2. The Morgan fingerprint density at radius 1 is 1.12 bits per heavy atom. The van der Waals surface area contributed by atoms with E-state index in [2.05, 4.69) is 14.9 Å². The molecule has 9 nitrogen and oxygen atoms in total. The van der Waals surface area contributed by atoms with E-state index in [-0.39, 0.29) is 24.2 Å². The van der Waals surface area contributed by atoms with Gasteiger partial charge in [-0.3, -0.25) is 4.79 Å². The van der Waals surface area contributed by atoms with Gasteiger partial charge in [-0.05, 0) is 24.3 Å². The Hall–Kier alpha value is -3.85. The summed E-state index contributed by atoms with van der Waals surface area (Å²) in [4.78, 5) is 25.3. The molecule has 1 aromatic carbocycles. The van der Waals surface area contributed by atoms with Crippen molar-refractivity contribution in [1.29, 1.82) is 0 Å². The maximum absolute atomic E-state index is 13.2. The summed E-state index contributed by atoms with van der Waals surface area (Å²) in [6, 6.07) is 14.0. The number of hydrogen-bond acceptors (Lipinski definition) is 8. The predicted octanol–water partition coefficient (Wildman–Crippen LogP) is 2.18. The first-order valence-electron chi connectivity index (χ1n) is 10.2. The number of benzene rings is 1. The molecule has 0 bridgehead atoms. The van der Waals surface area contributed by atoms with E-state index in [1.54, 1.807) is 23.2 Å². The summed E-state index contributed by atoms with van der Waals surface area (Å²) in [6.07, 6.45) is 3.17. The quantitative estimate of drug-likeness (QED) is 0.606. The molecule has 0 aliphatic carbocycles. The summed E-state index contributed by atoms with van der Waals surface area (Å²) in [6.45, 7) is 1.33. The van der Waals surface area contributed by atoms with Crippen molar-refractivity contribution in [2.45, 2.75) is 6.04 Å². The molecular formula is C23H25N5O4. The van der Waals surface area contributed by atoms with Gasteiger partial charge in [0.25, 0.3) is 5.91 Å². The largest absolute Gasteiger partial charge is 0.493 e. The third kappa shape index (κ3) is 4.57. The van der Waals surface area contributed by atoms with Crippen LogP contribution in [0.25, 0.3) is 0 Å². The molecule has 0 saturated carbocycles. The van der Waals surface area contributed by atoms with Crippen LogP contribution in [0, 0.1) is 0 Å². The Morgan fingerprint density at radius 3 is 2.62 bits per heavy atom. The van der Waals surface area contributed by atoms with Crippen LogP contribution >= 0.6 is 0 Å². The van der Waals surface area contributed by atoms with Crippen molar-refractivity contribution in [3.8, 4) is 17.2 Å². The SMILES string of the molecule is COc1cc(C(=O)N2CCN(c3ccc(N)nc3)C[C@@H]2CO)ncc1Oc1ccccc1. The number of carbonyl (C=O) groups excluding carboxylic acids is 1. The topological polar surface area (TPSA) is 114 Å². The van der Waals surface area contributed by atoms with Gasteiger partial charge in [-0.15, -0.1) is 0 Å². The minimum absolute atomic E-state index is 0.170. The number of amides is 1. The summed E-state index contributed by atoms with van der Waals surface area (Å²) in [5, 5.41) is 9.95. The van der Waals surface area contributed by atoms with Crippen LogP contribution in [0.2, 0.25) is 0 Å². The fourth-order valence-electron chi connectivity index (χ4n) is 3.64. The molecule has 32 heavy (non-hydrogen) atoms. The zero-order valence-corrected chi connectivity index (χ0v) is 17.7. The van der Waals surface area contributed by atoms with Crippen LogP contribution < -0.4 is 20.1 Å². The van der Waals surface area contributed by atoms with Crippen molar-refractivity contribution in [2.24, 2.45) is 0 Å². The standard InChI is InChI=1S/C23H25N5O4/c1-31-20-11-19(25-13-21(20)32-18-5-3-2-4-6-18)23(30)28-10-9-27(14-17(28)15-29)16-7-8-22(24)26-12-16/h2-8,11-13,17,29H,9-10,14-15H2,1H3,(H2,24,26)/t17-/m1/s1. The number of methoxy groups -OCH3 is 1. The van der Waals surface area contributed by atoms with Crippen LogP contribution in [0.3, 0.4) is 0 Å². The molecule has 1 aliphatic heterocycles. The number of aliphatic hydroxyl groups is 1. The fourth-order valence-corrected chi connectivity index (χ4v) is 3.64. The lowest BCUT2D eigenvalue weighted by molar-refractivity contribution is 0.0559. The van der Waals surface area contributed by atoms with Crippen molar-refractivity contribution in [3.05, 3.63) is 66.6 Å². The number of rotatable bonds is 6. The number of nitrogen functional groups attached to an aromatic ring is 1. The maximum atomic E-state index is 13.2. The third-order valence-corrected chi connectivity index (χ3v) is 5.33. The molecule has 1 fully saturated rings. The lowest BCUT2D eigenvalue weighted by Gasteiger charge is -2.41. The number of pyridine rings is 2. The number of carbonyl (C=O) groups is 1. The molecule has 1 atom stereocenters. The second-order valence-electron chi connectivity index (χ2n) is 7.36. The van der Waals surface area contributed by atoms with Gasteiger partial charge in [-0.1, -0.05) is 18.2 Å². The van der Waals surface area contributed by atoms with Crippen molar-refractivity contribution in [3.63, 3.8) is 0 Å². The number of nitrogens with zero attached hydrogens (tertiary/aromatic N) is 4. The van der Waals surface area contributed by atoms with Gasteiger partial charge < -0.3 is 30.1 Å². The van der Waals surface area contributed by atoms with Crippen molar-refractivity contribution >= 4 is 17.4 Å². The Bertz CT molecular complexity index is 1060. The van der Waals surface area contributed by atoms with Crippen LogP contribution in [0.15, 0.2) is 60.9 Å². The molecule has 4 rings (SSSR count). The highest BCUT2D eigenvalue weighted by molar-refractivity contribution is 5.93. The molecule has 9 heteroatoms. The highest BCUT2D eigenvalue weighted by Gasteiger charge is 2.32. The molecule has 0 unspecified atom stereocenters. The van der Waals surface area contributed by atoms with Gasteiger partial charge >= 0.3 is 0 Å². The summed E-state index contributed by atoms with van der Waals surface area (Å²) in [5.74, 6) is 1.62. The molecule has 1 aliphatic rings. The molecular weight excluding hydrogens is 410 g/mol. The lowest BCUT2D eigenvalue weighted by Crippen LogP contribution is -2.57. The fraction of sp³-hybridized carbons (Fsp3) is 0.261. The number of aliphatic hydroxyl groups excluding tert-OH is 1. The molecule has 2 aromatic heterocycles. The van der Waals surface area contributed by atoms with Crippen molar-refractivity contribution < 1.29 is 19.4 Å². The Balaban J connectivity index is 1.50. The first-order chi connectivity index (χ1) is 15.6. The number of hydrogen-bond donors (Lipinski definition) is 2. The smallest absolute Gasteiger partial charge is 0.273 e. The molecule has 3 aromatic rings. The van der Waals surface area contributed by atoms with E-state index in [4.69, 9.17) is 15.2 Å². The summed E-state index contributed by atoms with van der Waals surface area (Å²) in [7, 11) is 1.51.